The lowest BCUT2D eigenvalue weighted by molar-refractivity contribution is 0.0818. The van der Waals surface area contributed by atoms with Crippen LogP contribution in [0.1, 0.15) is 47.3 Å². The van der Waals surface area contributed by atoms with Gasteiger partial charge >= 0.3 is 0 Å². The summed E-state index contributed by atoms with van der Waals surface area (Å²) in [6, 6.07) is 1.95. The Morgan fingerprint density at radius 2 is 1.91 bits per heavy atom. The summed E-state index contributed by atoms with van der Waals surface area (Å²) >= 11 is 0. The Labute approximate surface area is 140 Å². The zero-order valence-electron chi connectivity index (χ0n) is 15.2. The number of carbonyl (C=O) groups excluding carboxylic acids is 1. The molecule has 1 aromatic carbocycles. The van der Waals surface area contributed by atoms with Gasteiger partial charge in [0.1, 0.15) is 5.75 Å². The van der Waals surface area contributed by atoms with Gasteiger partial charge in [-0.2, -0.15) is 0 Å². The Morgan fingerprint density at radius 3 is 2.52 bits per heavy atom. The minimum absolute atomic E-state index is 0.0729. The predicted molar refractivity (Wildman–Crippen MR) is 94.7 cm³/mol. The molecular formula is C19H30N2O2. The molecule has 4 heteroatoms. The van der Waals surface area contributed by atoms with E-state index in [0.717, 1.165) is 60.6 Å². The van der Waals surface area contributed by atoms with Gasteiger partial charge in [0, 0.05) is 31.7 Å². The molecule has 4 nitrogen and oxygen atoms in total. The standard InChI is InChI=1S/C19H30N2O2/c1-6-11-23-17-12-13(2)18(15(4)14(17)3)19(22)16(5)21-9-7-20-8-10-21/h12,16,20H,6-11H2,1-5H3. The van der Waals surface area contributed by atoms with Gasteiger partial charge in [-0.25, -0.2) is 0 Å². The topological polar surface area (TPSA) is 41.6 Å². The van der Waals surface area contributed by atoms with Crippen LogP contribution in [-0.2, 0) is 0 Å². The molecule has 1 atom stereocenters. The summed E-state index contributed by atoms with van der Waals surface area (Å²) in [5.74, 6) is 1.14. The van der Waals surface area contributed by atoms with Crippen LogP contribution in [0.2, 0.25) is 0 Å². The van der Waals surface area contributed by atoms with E-state index in [9.17, 15) is 4.79 Å². The van der Waals surface area contributed by atoms with Crippen molar-refractivity contribution in [3.05, 3.63) is 28.3 Å². The zero-order valence-corrected chi connectivity index (χ0v) is 15.2. The molecule has 1 fully saturated rings. The third-order valence-corrected chi connectivity index (χ3v) is 4.84. The van der Waals surface area contributed by atoms with Crippen molar-refractivity contribution in [1.29, 1.82) is 0 Å². The first-order chi connectivity index (χ1) is 11.0. The molecule has 0 amide bonds. The number of hydrogen-bond donors (Lipinski definition) is 1. The van der Waals surface area contributed by atoms with E-state index < -0.39 is 0 Å². The van der Waals surface area contributed by atoms with Gasteiger partial charge in [0.2, 0.25) is 0 Å². The average Bonchev–Trinajstić information content (AvgIpc) is 2.57. The second kappa shape index (κ2) is 7.93. The van der Waals surface area contributed by atoms with Crippen LogP contribution < -0.4 is 10.1 Å². The molecule has 0 aromatic heterocycles. The number of aryl methyl sites for hydroxylation is 1. The van der Waals surface area contributed by atoms with E-state index in [1.807, 2.05) is 33.8 Å². The minimum Gasteiger partial charge on any atom is -0.493 e. The van der Waals surface area contributed by atoms with Crippen LogP contribution in [0.4, 0.5) is 0 Å². The highest BCUT2D eigenvalue weighted by Gasteiger charge is 2.27. The van der Waals surface area contributed by atoms with Gasteiger partial charge in [0.05, 0.1) is 12.6 Å². The van der Waals surface area contributed by atoms with Gasteiger partial charge in [0.15, 0.2) is 5.78 Å². The molecule has 0 radical (unpaired) electrons. The molecule has 0 spiro atoms. The van der Waals surface area contributed by atoms with Gasteiger partial charge in [-0.1, -0.05) is 6.92 Å². The van der Waals surface area contributed by atoms with E-state index in [0.29, 0.717) is 6.61 Å². The number of rotatable bonds is 6. The van der Waals surface area contributed by atoms with Gasteiger partial charge in [-0.3, -0.25) is 9.69 Å². The summed E-state index contributed by atoms with van der Waals surface area (Å²) in [5, 5.41) is 3.34. The Bertz CT molecular complexity index is 563. The average molecular weight is 318 g/mol. The number of nitrogens with one attached hydrogen (secondary N) is 1. The lowest BCUT2D eigenvalue weighted by Crippen LogP contribution is -2.50. The van der Waals surface area contributed by atoms with E-state index in [2.05, 4.69) is 17.1 Å². The van der Waals surface area contributed by atoms with Crippen molar-refractivity contribution in [3.63, 3.8) is 0 Å². The van der Waals surface area contributed by atoms with Crippen LogP contribution in [0, 0.1) is 20.8 Å². The number of benzene rings is 1. The van der Waals surface area contributed by atoms with E-state index in [1.165, 1.54) is 0 Å². The minimum atomic E-state index is -0.0729. The highest BCUT2D eigenvalue weighted by molar-refractivity contribution is 6.02. The molecule has 1 heterocycles. The van der Waals surface area contributed by atoms with Crippen molar-refractivity contribution < 1.29 is 9.53 Å². The third kappa shape index (κ3) is 3.93. The summed E-state index contributed by atoms with van der Waals surface area (Å²) in [5.41, 5.74) is 4.03. The number of hydrogen-bond acceptors (Lipinski definition) is 4. The van der Waals surface area contributed by atoms with Crippen molar-refractivity contribution in [2.24, 2.45) is 0 Å². The number of piperazine rings is 1. The summed E-state index contributed by atoms with van der Waals surface area (Å²) in [7, 11) is 0. The fraction of sp³-hybridized carbons (Fsp3) is 0.632. The SMILES string of the molecule is CCCOc1cc(C)c(C(=O)C(C)N2CCNCC2)c(C)c1C. The van der Waals surface area contributed by atoms with Crippen LogP contribution in [0.3, 0.4) is 0 Å². The molecular weight excluding hydrogens is 288 g/mol. The molecule has 2 rings (SSSR count). The first kappa shape index (κ1) is 18.0. The molecule has 0 saturated carbocycles. The molecule has 1 unspecified atom stereocenters. The second-order valence-electron chi connectivity index (χ2n) is 6.49. The van der Waals surface area contributed by atoms with Crippen LogP contribution in [0.15, 0.2) is 6.07 Å². The molecule has 1 aromatic rings. The molecule has 1 aliphatic heterocycles. The molecule has 23 heavy (non-hydrogen) atoms. The second-order valence-corrected chi connectivity index (χ2v) is 6.49. The van der Waals surface area contributed by atoms with Gasteiger partial charge < -0.3 is 10.1 Å². The van der Waals surface area contributed by atoms with Crippen LogP contribution in [0.5, 0.6) is 5.75 Å². The number of ketones is 1. The number of ether oxygens (including phenoxy) is 1. The highest BCUT2D eigenvalue weighted by atomic mass is 16.5. The Kier molecular flexibility index (Phi) is 6.19. The van der Waals surface area contributed by atoms with Crippen molar-refractivity contribution >= 4 is 5.78 Å². The van der Waals surface area contributed by atoms with Crippen LogP contribution in [-0.4, -0.2) is 49.5 Å². The maximum Gasteiger partial charge on any atom is 0.180 e. The maximum absolute atomic E-state index is 13.1. The Hall–Kier alpha value is -1.39. The molecule has 1 N–H and O–H groups in total. The normalized spacial score (nSPS) is 17.1. The first-order valence-corrected chi connectivity index (χ1v) is 8.70. The highest BCUT2D eigenvalue weighted by Crippen LogP contribution is 2.29. The molecule has 128 valence electrons. The smallest absolute Gasteiger partial charge is 0.180 e. The van der Waals surface area contributed by atoms with Crippen LogP contribution >= 0.6 is 0 Å². The van der Waals surface area contributed by atoms with E-state index in [4.69, 9.17) is 4.74 Å². The monoisotopic (exact) mass is 318 g/mol. The molecule has 1 aliphatic rings. The summed E-state index contributed by atoms with van der Waals surface area (Å²) in [6.45, 7) is 14.7. The number of Topliss-reactive ketones (excluding diaryl/α,β-unsaturated/α-hetero) is 1. The Morgan fingerprint density at radius 1 is 1.26 bits per heavy atom. The number of carbonyl (C=O) groups is 1. The van der Waals surface area contributed by atoms with Crippen molar-refractivity contribution in [3.8, 4) is 5.75 Å². The fourth-order valence-corrected chi connectivity index (χ4v) is 3.23. The van der Waals surface area contributed by atoms with Crippen molar-refractivity contribution in [2.75, 3.05) is 32.8 Å². The van der Waals surface area contributed by atoms with Crippen molar-refractivity contribution in [2.45, 2.75) is 47.1 Å². The van der Waals surface area contributed by atoms with Crippen LogP contribution in [0.25, 0.3) is 0 Å². The third-order valence-electron chi connectivity index (χ3n) is 4.84. The van der Waals surface area contributed by atoms with Gasteiger partial charge in [-0.15, -0.1) is 0 Å². The molecule has 0 bridgehead atoms. The molecule has 1 saturated heterocycles. The lowest BCUT2D eigenvalue weighted by Gasteiger charge is -2.32. The molecule has 0 aliphatic carbocycles. The van der Waals surface area contributed by atoms with E-state index >= 15 is 0 Å². The number of nitrogens with zero attached hydrogens (tertiary/aromatic N) is 1. The maximum atomic E-state index is 13.1. The van der Waals surface area contributed by atoms with E-state index in [-0.39, 0.29) is 11.8 Å². The fourth-order valence-electron chi connectivity index (χ4n) is 3.23. The predicted octanol–water partition coefficient (Wildman–Crippen LogP) is 2.88. The quantitative estimate of drug-likeness (QED) is 0.819. The summed E-state index contributed by atoms with van der Waals surface area (Å²) in [4.78, 5) is 15.3. The van der Waals surface area contributed by atoms with Gasteiger partial charge in [0.25, 0.3) is 0 Å². The van der Waals surface area contributed by atoms with Gasteiger partial charge in [-0.05, 0) is 56.9 Å². The van der Waals surface area contributed by atoms with Crippen molar-refractivity contribution in [1.82, 2.24) is 10.2 Å². The Balaban J connectivity index is 2.27. The largest absolute Gasteiger partial charge is 0.493 e. The summed E-state index contributed by atoms with van der Waals surface area (Å²) in [6.07, 6.45) is 0.984. The first-order valence-electron chi connectivity index (χ1n) is 8.70. The lowest BCUT2D eigenvalue weighted by atomic mass is 9.91. The summed E-state index contributed by atoms with van der Waals surface area (Å²) < 4.78 is 5.83. The zero-order chi connectivity index (χ0) is 17.0. The van der Waals surface area contributed by atoms with E-state index in [1.54, 1.807) is 0 Å².